The summed E-state index contributed by atoms with van der Waals surface area (Å²) < 4.78 is 5.86. The van der Waals surface area contributed by atoms with Gasteiger partial charge in [-0.2, -0.15) is 0 Å². The largest absolute Gasteiger partial charge is 0.493 e. The van der Waals surface area contributed by atoms with E-state index < -0.39 is 0 Å². The van der Waals surface area contributed by atoms with Crippen LogP contribution in [0.4, 0.5) is 5.13 Å². The molecule has 118 valence electrons. The Labute approximate surface area is 134 Å². The molecule has 0 saturated heterocycles. The van der Waals surface area contributed by atoms with Crippen molar-refractivity contribution in [2.45, 2.75) is 26.2 Å². The number of rotatable bonds is 8. The van der Waals surface area contributed by atoms with Crippen LogP contribution in [0.5, 0.6) is 5.75 Å². The number of amides is 1. The average Bonchev–Trinajstić information content (AvgIpc) is 3.00. The summed E-state index contributed by atoms with van der Waals surface area (Å²) in [5, 5.41) is 5.11. The number of aromatic nitrogens is 1. The molecule has 3 N–H and O–H groups in total. The van der Waals surface area contributed by atoms with E-state index in [4.69, 9.17) is 10.5 Å². The minimum atomic E-state index is -0.245. The Balaban J connectivity index is 2.09. The third-order valence-corrected chi connectivity index (χ3v) is 3.86. The van der Waals surface area contributed by atoms with Crippen LogP contribution in [0, 0.1) is 0 Å². The molecule has 1 aromatic heterocycles. The van der Waals surface area contributed by atoms with Gasteiger partial charge in [-0.05, 0) is 18.6 Å². The number of anilines is 1. The van der Waals surface area contributed by atoms with Gasteiger partial charge in [-0.3, -0.25) is 4.79 Å². The van der Waals surface area contributed by atoms with Gasteiger partial charge in [0.05, 0.1) is 18.8 Å². The summed E-state index contributed by atoms with van der Waals surface area (Å²) in [5.74, 6) is 0.575. The molecule has 0 atom stereocenters. The highest BCUT2D eigenvalue weighted by molar-refractivity contribution is 7.14. The Morgan fingerprint density at radius 1 is 1.36 bits per heavy atom. The average molecular weight is 319 g/mol. The first-order chi connectivity index (χ1) is 10.7. The van der Waals surface area contributed by atoms with Crippen molar-refractivity contribution in [1.82, 2.24) is 4.98 Å². The molecule has 0 unspecified atom stereocenters. The fourth-order valence-corrected chi connectivity index (χ4v) is 2.69. The maximum absolute atomic E-state index is 11.3. The number of para-hydroxylation sites is 1. The first-order valence-corrected chi connectivity index (χ1v) is 8.30. The highest BCUT2D eigenvalue weighted by Gasteiger charge is 2.11. The topological polar surface area (TPSA) is 77.2 Å². The molecule has 0 fully saturated rings. The molecule has 0 aliphatic carbocycles. The van der Waals surface area contributed by atoms with Gasteiger partial charge in [0.1, 0.15) is 5.75 Å². The minimum Gasteiger partial charge on any atom is -0.493 e. The summed E-state index contributed by atoms with van der Waals surface area (Å²) in [6, 6.07) is 7.81. The van der Waals surface area contributed by atoms with Crippen molar-refractivity contribution in [2.24, 2.45) is 5.73 Å². The molecule has 22 heavy (non-hydrogen) atoms. The number of hydrogen-bond donors (Lipinski definition) is 2. The maximum Gasteiger partial charge on any atom is 0.239 e. The lowest BCUT2D eigenvalue weighted by Gasteiger charge is -2.09. The number of nitrogens with one attached hydrogen (secondary N) is 1. The van der Waals surface area contributed by atoms with Gasteiger partial charge in [0.15, 0.2) is 5.13 Å². The second-order valence-electron chi connectivity index (χ2n) is 4.84. The van der Waals surface area contributed by atoms with E-state index in [0.29, 0.717) is 11.7 Å². The molecule has 1 aromatic carbocycles. The monoisotopic (exact) mass is 319 g/mol. The zero-order valence-electron chi connectivity index (χ0n) is 12.7. The number of nitrogens with two attached hydrogens (primary N) is 1. The predicted octanol–water partition coefficient (Wildman–Crippen LogP) is 3.28. The zero-order valence-corrected chi connectivity index (χ0v) is 13.5. The van der Waals surface area contributed by atoms with Crippen LogP contribution in [-0.4, -0.2) is 24.0 Å². The van der Waals surface area contributed by atoms with Crippen molar-refractivity contribution < 1.29 is 9.53 Å². The lowest BCUT2D eigenvalue weighted by atomic mass is 10.1. The van der Waals surface area contributed by atoms with E-state index in [1.165, 1.54) is 17.8 Å². The molecule has 6 heteroatoms. The van der Waals surface area contributed by atoms with Gasteiger partial charge in [-0.15, -0.1) is 11.3 Å². The van der Waals surface area contributed by atoms with Crippen LogP contribution in [0.2, 0.25) is 0 Å². The van der Waals surface area contributed by atoms with Crippen LogP contribution in [0.1, 0.15) is 26.2 Å². The Morgan fingerprint density at radius 3 is 2.95 bits per heavy atom. The summed E-state index contributed by atoms with van der Waals surface area (Å²) in [7, 11) is 0. The summed E-state index contributed by atoms with van der Waals surface area (Å²) in [6.45, 7) is 2.82. The van der Waals surface area contributed by atoms with E-state index in [1.54, 1.807) is 0 Å². The van der Waals surface area contributed by atoms with Crippen molar-refractivity contribution in [2.75, 3.05) is 18.5 Å². The third kappa shape index (κ3) is 4.54. The number of carbonyl (C=O) groups excluding carboxylic acids is 1. The van der Waals surface area contributed by atoms with E-state index in [2.05, 4.69) is 17.2 Å². The van der Waals surface area contributed by atoms with Crippen LogP contribution in [0.3, 0.4) is 0 Å². The van der Waals surface area contributed by atoms with Crippen molar-refractivity contribution in [3.8, 4) is 17.0 Å². The normalized spacial score (nSPS) is 10.5. The van der Waals surface area contributed by atoms with Gasteiger partial charge in [0.2, 0.25) is 5.91 Å². The molecule has 1 heterocycles. The molecule has 0 aliphatic rings. The predicted molar refractivity (Wildman–Crippen MR) is 90.3 cm³/mol. The smallest absolute Gasteiger partial charge is 0.239 e. The Bertz CT molecular complexity index is 613. The summed E-state index contributed by atoms with van der Waals surface area (Å²) in [5.41, 5.74) is 7.01. The number of unbranched alkanes of at least 4 members (excludes halogenated alkanes) is 2. The van der Waals surface area contributed by atoms with Gasteiger partial charge >= 0.3 is 0 Å². The number of ether oxygens (including phenoxy) is 1. The zero-order chi connectivity index (χ0) is 15.8. The first-order valence-electron chi connectivity index (χ1n) is 7.42. The molecule has 0 radical (unpaired) electrons. The highest BCUT2D eigenvalue weighted by Crippen LogP contribution is 2.32. The summed E-state index contributed by atoms with van der Waals surface area (Å²) in [4.78, 5) is 15.7. The molecule has 0 bridgehead atoms. The Hall–Kier alpha value is -1.92. The maximum atomic E-state index is 11.3. The van der Waals surface area contributed by atoms with Gasteiger partial charge in [0, 0.05) is 10.9 Å². The van der Waals surface area contributed by atoms with Gasteiger partial charge in [0.25, 0.3) is 0 Å². The van der Waals surface area contributed by atoms with Crippen LogP contribution in [0.25, 0.3) is 11.3 Å². The van der Waals surface area contributed by atoms with Crippen LogP contribution < -0.4 is 15.8 Å². The summed E-state index contributed by atoms with van der Waals surface area (Å²) >= 11 is 1.37. The molecule has 0 saturated carbocycles. The minimum absolute atomic E-state index is 0.0496. The van der Waals surface area contributed by atoms with E-state index in [9.17, 15) is 4.79 Å². The fraction of sp³-hybridized carbons (Fsp3) is 0.375. The Morgan fingerprint density at radius 2 is 2.18 bits per heavy atom. The summed E-state index contributed by atoms with van der Waals surface area (Å²) in [6.07, 6.45) is 3.37. The van der Waals surface area contributed by atoms with Crippen molar-refractivity contribution in [3.05, 3.63) is 29.6 Å². The number of benzene rings is 1. The molecule has 0 spiro atoms. The molecule has 2 aromatic rings. The van der Waals surface area contributed by atoms with Crippen LogP contribution in [-0.2, 0) is 4.79 Å². The van der Waals surface area contributed by atoms with Crippen molar-refractivity contribution in [1.29, 1.82) is 0 Å². The highest BCUT2D eigenvalue weighted by atomic mass is 32.1. The second kappa shape index (κ2) is 8.51. The standard InChI is InChI=1S/C16H21N3O2S/c1-2-3-6-9-21-14-8-5-4-7-12(14)13-11-22-16(18-13)19-15(20)10-17/h4-5,7-8,11H,2-3,6,9-10,17H2,1H3,(H,18,19,20). The van der Waals surface area contributed by atoms with Gasteiger partial charge in [-0.1, -0.05) is 31.9 Å². The SMILES string of the molecule is CCCCCOc1ccccc1-c1csc(NC(=O)CN)n1. The third-order valence-electron chi connectivity index (χ3n) is 3.10. The lowest BCUT2D eigenvalue weighted by molar-refractivity contribution is -0.114. The number of thiazole rings is 1. The van der Waals surface area contributed by atoms with Crippen molar-refractivity contribution >= 4 is 22.4 Å². The van der Waals surface area contributed by atoms with Crippen molar-refractivity contribution in [3.63, 3.8) is 0 Å². The number of nitrogens with zero attached hydrogens (tertiary/aromatic N) is 1. The van der Waals surface area contributed by atoms with E-state index >= 15 is 0 Å². The molecular weight excluding hydrogens is 298 g/mol. The molecular formula is C16H21N3O2S. The molecule has 2 rings (SSSR count). The molecule has 1 amide bonds. The van der Waals surface area contributed by atoms with E-state index in [1.807, 2.05) is 29.6 Å². The van der Waals surface area contributed by atoms with Gasteiger partial charge in [-0.25, -0.2) is 4.98 Å². The Kier molecular flexibility index (Phi) is 6.36. The van der Waals surface area contributed by atoms with E-state index in [0.717, 1.165) is 29.8 Å². The lowest BCUT2D eigenvalue weighted by Crippen LogP contribution is -2.21. The van der Waals surface area contributed by atoms with Crippen LogP contribution in [0.15, 0.2) is 29.6 Å². The fourth-order valence-electron chi connectivity index (χ4n) is 1.96. The second-order valence-corrected chi connectivity index (χ2v) is 5.70. The molecule has 5 nitrogen and oxygen atoms in total. The number of hydrogen-bond acceptors (Lipinski definition) is 5. The van der Waals surface area contributed by atoms with Crippen LogP contribution >= 0.6 is 11.3 Å². The van der Waals surface area contributed by atoms with Gasteiger partial charge < -0.3 is 15.8 Å². The number of carbonyl (C=O) groups is 1. The quantitative estimate of drug-likeness (QED) is 0.732. The molecule has 0 aliphatic heterocycles. The van der Waals surface area contributed by atoms with E-state index in [-0.39, 0.29) is 12.5 Å². The first kappa shape index (κ1) is 16.5.